The summed E-state index contributed by atoms with van der Waals surface area (Å²) in [6.45, 7) is 6.70. The number of amides is 1. The zero-order valence-corrected chi connectivity index (χ0v) is 11.4. The minimum Gasteiger partial charge on any atom is -0.381 e. The van der Waals surface area contributed by atoms with Crippen LogP contribution in [0.5, 0.6) is 0 Å². The lowest BCUT2D eigenvalue weighted by atomic mass is 10.1. The average Bonchev–Trinajstić information content (AvgIpc) is 2.46. The first-order chi connectivity index (χ1) is 8.77. The van der Waals surface area contributed by atoms with Gasteiger partial charge < -0.3 is 19.9 Å². The Morgan fingerprint density at radius 2 is 2.00 bits per heavy atom. The second-order valence-electron chi connectivity index (χ2n) is 5.19. The van der Waals surface area contributed by atoms with Crippen LogP contribution in [0.2, 0.25) is 0 Å². The van der Waals surface area contributed by atoms with Crippen molar-refractivity contribution in [2.24, 2.45) is 0 Å². The summed E-state index contributed by atoms with van der Waals surface area (Å²) >= 11 is 0. The molecule has 2 heterocycles. The lowest BCUT2D eigenvalue weighted by Gasteiger charge is -2.32. The highest BCUT2D eigenvalue weighted by Gasteiger charge is 2.22. The van der Waals surface area contributed by atoms with Crippen LogP contribution in [0.3, 0.4) is 0 Å². The molecule has 0 aromatic carbocycles. The Labute approximate surface area is 109 Å². The highest BCUT2D eigenvalue weighted by atomic mass is 16.5. The fraction of sp³-hybridized carbons (Fsp3) is 0.923. The van der Waals surface area contributed by atoms with E-state index in [0.717, 1.165) is 58.8 Å². The van der Waals surface area contributed by atoms with Crippen LogP contribution in [0.15, 0.2) is 0 Å². The van der Waals surface area contributed by atoms with E-state index in [9.17, 15) is 4.79 Å². The highest BCUT2D eigenvalue weighted by Crippen LogP contribution is 2.13. The number of nitrogens with one attached hydrogen (secondary N) is 1. The largest absolute Gasteiger partial charge is 0.381 e. The summed E-state index contributed by atoms with van der Waals surface area (Å²) < 4.78 is 5.33. The summed E-state index contributed by atoms with van der Waals surface area (Å²) in [7, 11) is 1.94. The van der Waals surface area contributed by atoms with Crippen molar-refractivity contribution in [1.82, 2.24) is 15.1 Å². The fourth-order valence-corrected chi connectivity index (χ4v) is 2.64. The van der Waals surface area contributed by atoms with Crippen molar-refractivity contribution in [2.45, 2.75) is 25.3 Å². The van der Waals surface area contributed by atoms with Crippen molar-refractivity contribution in [3.8, 4) is 0 Å². The molecule has 104 valence electrons. The Morgan fingerprint density at radius 3 is 2.67 bits per heavy atom. The molecule has 0 bridgehead atoms. The van der Waals surface area contributed by atoms with E-state index in [-0.39, 0.29) is 5.91 Å². The summed E-state index contributed by atoms with van der Waals surface area (Å²) in [4.78, 5) is 16.4. The number of hydrogen-bond donors (Lipinski definition) is 1. The third kappa shape index (κ3) is 3.93. The van der Waals surface area contributed by atoms with Crippen LogP contribution >= 0.6 is 0 Å². The molecule has 5 nitrogen and oxygen atoms in total. The van der Waals surface area contributed by atoms with Crippen LogP contribution in [0.25, 0.3) is 0 Å². The second-order valence-corrected chi connectivity index (χ2v) is 5.19. The monoisotopic (exact) mass is 255 g/mol. The molecule has 18 heavy (non-hydrogen) atoms. The number of nitrogens with zero attached hydrogens (tertiary/aromatic N) is 2. The van der Waals surface area contributed by atoms with Gasteiger partial charge in [0.05, 0.1) is 0 Å². The first-order valence-corrected chi connectivity index (χ1v) is 7.04. The quantitative estimate of drug-likeness (QED) is 0.763. The predicted octanol–water partition coefficient (Wildman–Crippen LogP) is -0.0809. The van der Waals surface area contributed by atoms with Gasteiger partial charge in [0.25, 0.3) is 0 Å². The molecule has 2 aliphatic heterocycles. The van der Waals surface area contributed by atoms with Crippen LogP contribution < -0.4 is 5.32 Å². The maximum Gasteiger partial charge on any atom is 0.223 e. The zero-order chi connectivity index (χ0) is 12.8. The molecular formula is C13H25N3O2. The molecule has 2 saturated heterocycles. The van der Waals surface area contributed by atoms with Crippen molar-refractivity contribution >= 4 is 5.91 Å². The molecule has 1 N–H and O–H groups in total. The van der Waals surface area contributed by atoms with Crippen molar-refractivity contribution in [3.05, 3.63) is 0 Å². The maximum atomic E-state index is 12.1. The van der Waals surface area contributed by atoms with E-state index in [1.807, 2.05) is 11.9 Å². The Morgan fingerprint density at radius 1 is 1.33 bits per heavy atom. The zero-order valence-electron chi connectivity index (χ0n) is 11.4. The molecule has 0 aromatic rings. The fourth-order valence-electron chi connectivity index (χ4n) is 2.64. The lowest BCUT2D eigenvalue weighted by molar-refractivity contribution is -0.134. The van der Waals surface area contributed by atoms with Crippen molar-refractivity contribution in [1.29, 1.82) is 0 Å². The van der Waals surface area contributed by atoms with E-state index in [4.69, 9.17) is 4.74 Å². The van der Waals surface area contributed by atoms with Gasteiger partial charge in [-0.3, -0.25) is 4.79 Å². The molecule has 2 aliphatic rings. The number of rotatable bonds is 4. The van der Waals surface area contributed by atoms with Gasteiger partial charge in [0.15, 0.2) is 0 Å². The van der Waals surface area contributed by atoms with Gasteiger partial charge in [-0.05, 0) is 12.8 Å². The van der Waals surface area contributed by atoms with Gasteiger partial charge >= 0.3 is 0 Å². The molecule has 1 amide bonds. The summed E-state index contributed by atoms with van der Waals surface area (Å²) in [6, 6.07) is 0.384. The summed E-state index contributed by atoms with van der Waals surface area (Å²) in [5.74, 6) is 0.278. The van der Waals surface area contributed by atoms with Crippen molar-refractivity contribution in [2.75, 3.05) is 53.0 Å². The van der Waals surface area contributed by atoms with Crippen LogP contribution in [0, 0.1) is 0 Å². The minimum atomic E-state index is 0.278. The van der Waals surface area contributed by atoms with E-state index < -0.39 is 0 Å². The molecule has 0 radical (unpaired) electrons. The van der Waals surface area contributed by atoms with E-state index in [2.05, 4.69) is 10.2 Å². The number of piperazine rings is 1. The Hall–Kier alpha value is -0.650. The normalized spacial score (nSPS) is 22.9. The van der Waals surface area contributed by atoms with Crippen LogP contribution in [-0.4, -0.2) is 74.7 Å². The average molecular weight is 255 g/mol. The topological polar surface area (TPSA) is 44.8 Å². The maximum absolute atomic E-state index is 12.1. The van der Waals surface area contributed by atoms with E-state index in [1.54, 1.807) is 0 Å². The molecule has 2 fully saturated rings. The van der Waals surface area contributed by atoms with Gasteiger partial charge in [-0.2, -0.15) is 0 Å². The van der Waals surface area contributed by atoms with Crippen LogP contribution in [-0.2, 0) is 9.53 Å². The summed E-state index contributed by atoms with van der Waals surface area (Å²) in [5.41, 5.74) is 0. The lowest BCUT2D eigenvalue weighted by Crippen LogP contribution is -2.46. The van der Waals surface area contributed by atoms with Gasteiger partial charge in [-0.15, -0.1) is 0 Å². The molecule has 5 heteroatoms. The second kappa shape index (κ2) is 7.07. The first kappa shape index (κ1) is 13.8. The van der Waals surface area contributed by atoms with E-state index in [1.165, 1.54) is 0 Å². The third-order valence-electron chi connectivity index (χ3n) is 3.98. The van der Waals surface area contributed by atoms with Gasteiger partial charge in [0.1, 0.15) is 0 Å². The van der Waals surface area contributed by atoms with Gasteiger partial charge in [-0.1, -0.05) is 0 Å². The summed E-state index contributed by atoms with van der Waals surface area (Å²) in [5, 5.41) is 3.33. The van der Waals surface area contributed by atoms with Gasteiger partial charge in [-0.25, -0.2) is 0 Å². The van der Waals surface area contributed by atoms with Crippen molar-refractivity contribution < 1.29 is 9.53 Å². The standard InChI is InChI=1S/C13H25N3O2/c1-15(12-3-10-18-11-4-12)13(17)2-7-16-8-5-14-6-9-16/h12,14H,2-11H2,1H3. The molecule has 0 spiro atoms. The number of carbonyl (C=O) groups excluding carboxylic acids is 1. The molecular weight excluding hydrogens is 230 g/mol. The molecule has 0 atom stereocenters. The van der Waals surface area contributed by atoms with E-state index in [0.29, 0.717) is 12.5 Å². The predicted molar refractivity (Wildman–Crippen MR) is 70.5 cm³/mol. The van der Waals surface area contributed by atoms with Gasteiger partial charge in [0, 0.05) is 65.4 Å². The number of ether oxygens (including phenoxy) is 1. The number of carbonyl (C=O) groups is 1. The minimum absolute atomic E-state index is 0.278. The van der Waals surface area contributed by atoms with Crippen LogP contribution in [0.1, 0.15) is 19.3 Å². The van der Waals surface area contributed by atoms with Crippen LogP contribution in [0.4, 0.5) is 0 Å². The smallest absolute Gasteiger partial charge is 0.223 e. The highest BCUT2D eigenvalue weighted by molar-refractivity contribution is 5.76. The molecule has 0 unspecified atom stereocenters. The first-order valence-electron chi connectivity index (χ1n) is 7.04. The SMILES string of the molecule is CN(C(=O)CCN1CCNCC1)C1CCOCC1. The Kier molecular flexibility index (Phi) is 5.41. The molecule has 0 aromatic heterocycles. The van der Waals surface area contributed by atoms with E-state index >= 15 is 0 Å². The number of hydrogen-bond acceptors (Lipinski definition) is 4. The Bertz CT molecular complexity index is 261. The summed E-state index contributed by atoms with van der Waals surface area (Å²) in [6.07, 6.45) is 2.61. The molecule has 0 aliphatic carbocycles. The molecule has 2 rings (SSSR count). The van der Waals surface area contributed by atoms with Gasteiger partial charge in [0.2, 0.25) is 5.91 Å². The molecule has 0 saturated carbocycles. The van der Waals surface area contributed by atoms with Crippen molar-refractivity contribution in [3.63, 3.8) is 0 Å². The Balaban J connectivity index is 1.69. The third-order valence-corrected chi connectivity index (χ3v) is 3.98.